The van der Waals surface area contributed by atoms with Crippen molar-refractivity contribution in [3.05, 3.63) is 23.2 Å². The summed E-state index contributed by atoms with van der Waals surface area (Å²) in [6.45, 7) is 3.89. The first-order valence-electron chi connectivity index (χ1n) is 4.56. The van der Waals surface area contributed by atoms with Gasteiger partial charge in [-0.2, -0.15) is 0 Å². The van der Waals surface area contributed by atoms with E-state index in [4.69, 9.17) is 15.9 Å². The molecule has 0 radical (unpaired) electrons. The molecule has 2 N–H and O–H groups in total. The van der Waals surface area contributed by atoms with E-state index in [0.717, 1.165) is 0 Å². The number of terminal acetylenes is 1. The number of rotatable bonds is 4. The van der Waals surface area contributed by atoms with Gasteiger partial charge < -0.3 is 9.52 Å². The molecule has 0 aliphatic rings. The predicted octanol–water partition coefficient (Wildman–Crippen LogP) is 1.40. The predicted molar refractivity (Wildman–Crippen MR) is 55.5 cm³/mol. The molecule has 1 unspecified atom stereocenters. The van der Waals surface area contributed by atoms with Gasteiger partial charge in [0, 0.05) is 0 Å². The highest BCUT2D eigenvalue weighted by Crippen LogP contribution is 2.14. The van der Waals surface area contributed by atoms with Crippen LogP contribution in [0.2, 0.25) is 0 Å². The molecule has 80 valence electrons. The zero-order valence-corrected chi connectivity index (χ0v) is 8.70. The third kappa shape index (κ3) is 2.86. The van der Waals surface area contributed by atoms with Crippen molar-refractivity contribution in [3.8, 4) is 12.3 Å². The molecular weight excluding hydrogens is 194 g/mol. The molecule has 0 fully saturated rings. The van der Waals surface area contributed by atoms with Gasteiger partial charge in [-0.3, -0.25) is 5.32 Å². The summed E-state index contributed by atoms with van der Waals surface area (Å²) in [4.78, 5) is 10.7. The normalized spacial score (nSPS) is 12.1. The minimum absolute atomic E-state index is 0.0660. The van der Waals surface area contributed by atoms with Crippen molar-refractivity contribution in [1.29, 1.82) is 0 Å². The molecule has 1 aromatic rings. The molecule has 0 spiro atoms. The average Bonchev–Trinajstić information content (AvgIpc) is 2.56. The Balaban J connectivity index is 2.68. The molecule has 4 nitrogen and oxygen atoms in total. The van der Waals surface area contributed by atoms with E-state index in [1.54, 1.807) is 6.92 Å². The van der Waals surface area contributed by atoms with E-state index >= 15 is 0 Å². The molecule has 0 saturated heterocycles. The highest BCUT2D eigenvalue weighted by Gasteiger charge is 2.13. The van der Waals surface area contributed by atoms with Gasteiger partial charge >= 0.3 is 5.97 Å². The highest BCUT2D eigenvalue weighted by atomic mass is 16.4. The number of nitrogens with one attached hydrogen (secondary N) is 1. The van der Waals surface area contributed by atoms with Crippen molar-refractivity contribution < 1.29 is 14.3 Å². The summed E-state index contributed by atoms with van der Waals surface area (Å²) in [7, 11) is 0. The summed E-state index contributed by atoms with van der Waals surface area (Å²) in [5, 5.41) is 11.8. The SMILES string of the molecule is C#CC(C)NCc1cc(C(=O)O)c(C)o1. The third-order valence-corrected chi connectivity index (χ3v) is 2.03. The fourth-order valence-corrected chi connectivity index (χ4v) is 1.16. The molecule has 1 rings (SSSR count). The Kier molecular flexibility index (Phi) is 3.53. The Morgan fingerprint density at radius 2 is 2.47 bits per heavy atom. The summed E-state index contributed by atoms with van der Waals surface area (Å²) in [5.74, 6) is 2.52. The van der Waals surface area contributed by atoms with Crippen molar-refractivity contribution in [2.24, 2.45) is 0 Å². The standard InChI is InChI=1S/C11H13NO3/c1-4-7(2)12-6-9-5-10(11(13)14)8(3)15-9/h1,5,7,12H,6H2,2-3H3,(H,13,14). The smallest absolute Gasteiger partial charge is 0.339 e. The molecule has 0 aromatic carbocycles. The topological polar surface area (TPSA) is 62.5 Å². The molecule has 1 heterocycles. The van der Waals surface area contributed by atoms with Crippen LogP contribution in [0.15, 0.2) is 10.5 Å². The maximum absolute atomic E-state index is 10.7. The second-order valence-corrected chi connectivity index (χ2v) is 3.26. The molecule has 0 saturated carbocycles. The van der Waals surface area contributed by atoms with E-state index in [9.17, 15) is 4.79 Å². The van der Waals surface area contributed by atoms with E-state index in [-0.39, 0.29) is 11.6 Å². The number of carbonyl (C=O) groups is 1. The van der Waals surface area contributed by atoms with Gasteiger partial charge in [0.15, 0.2) is 0 Å². The van der Waals surface area contributed by atoms with Crippen LogP contribution < -0.4 is 5.32 Å². The second-order valence-electron chi connectivity index (χ2n) is 3.26. The van der Waals surface area contributed by atoms with Crippen LogP contribution >= 0.6 is 0 Å². The minimum Gasteiger partial charge on any atom is -0.478 e. The first-order valence-corrected chi connectivity index (χ1v) is 4.56. The van der Waals surface area contributed by atoms with Gasteiger partial charge in [0.05, 0.1) is 12.6 Å². The van der Waals surface area contributed by atoms with Crippen molar-refractivity contribution in [1.82, 2.24) is 5.32 Å². The number of aryl methyl sites for hydroxylation is 1. The van der Waals surface area contributed by atoms with Gasteiger partial charge in [0.25, 0.3) is 0 Å². The van der Waals surface area contributed by atoms with Gasteiger partial charge in [-0.1, -0.05) is 5.92 Å². The summed E-state index contributed by atoms with van der Waals surface area (Å²) in [6, 6.07) is 1.44. The number of aromatic carboxylic acids is 1. The van der Waals surface area contributed by atoms with Crippen LogP contribution in [0, 0.1) is 19.3 Å². The lowest BCUT2D eigenvalue weighted by Crippen LogP contribution is -2.23. The van der Waals surface area contributed by atoms with Crippen molar-refractivity contribution in [2.45, 2.75) is 26.4 Å². The molecule has 0 aliphatic carbocycles. The Morgan fingerprint density at radius 3 is 2.93 bits per heavy atom. The van der Waals surface area contributed by atoms with E-state index in [0.29, 0.717) is 18.1 Å². The van der Waals surface area contributed by atoms with Crippen LogP contribution in [-0.4, -0.2) is 17.1 Å². The fourth-order valence-electron chi connectivity index (χ4n) is 1.16. The highest BCUT2D eigenvalue weighted by molar-refractivity contribution is 5.88. The quantitative estimate of drug-likeness (QED) is 0.732. The first kappa shape index (κ1) is 11.3. The van der Waals surface area contributed by atoms with Gasteiger partial charge in [0.2, 0.25) is 0 Å². The molecule has 1 aromatic heterocycles. The number of carboxylic acids is 1. The number of hydrogen-bond donors (Lipinski definition) is 2. The second kappa shape index (κ2) is 4.67. The van der Waals surface area contributed by atoms with E-state index in [1.807, 2.05) is 6.92 Å². The molecule has 4 heteroatoms. The molecule has 0 bridgehead atoms. The average molecular weight is 207 g/mol. The molecule has 0 amide bonds. The summed E-state index contributed by atoms with van der Waals surface area (Å²) < 4.78 is 5.26. The summed E-state index contributed by atoms with van der Waals surface area (Å²) in [5.41, 5.74) is 0.195. The van der Waals surface area contributed by atoms with Gasteiger partial charge in [-0.15, -0.1) is 6.42 Å². The maximum Gasteiger partial charge on any atom is 0.339 e. The molecule has 15 heavy (non-hydrogen) atoms. The number of hydrogen-bond acceptors (Lipinski definition) is 3. The van der Waals surface area contributed by atoms with Crippen LogP contribution in [0.3, 0.4) is 0 Å². The van der Waals surface area contributed by atoms with Crippen LogP contribution in [0.1, 0.15) is 28.8 Å². The van der Waals surface area contributed by atoms with Crippen LogP contribution in [0.4, 0.5) is 0 Å². The van der Waals surface area contributed by atoms with Crippen LogP contribution in [0.5, 0.6) is 0 Å². The lowest BCUT2D eigenvalue weighted by Gasteiger charge is -2.03. The lowest BCUT2D eigenvalue weighted by atomic mass is 10.2. The van der Waals surface area contributed by atoms with Gasteiger partial charge in [-0.25, -0.2) is 4.79 Å². The Bertz CT molecular complexity index is 400. The van der Waals surface area contributed by atoms with Crippen molar-refractivity contribution >= 4 is 5.97 Å². The molecule has 1 atom stereocenters. The summed E-state index contributed by atoms with van der Waals surface area (Å²) >= 11 is 0. The zero-order valence-electron chi connectivity index (χ0n) is 8.70. The van der Waals surface area contributed by atoms with Crippen LogP contribution in [-0.2, 0) is 6.54 Å². The minimum atomic E-state index is -0.979. The van der Waals surface area contributed by atoms with Crippen molar-refractivity contribution in [2.75, 3.05) is 0 Å². The van der Waals surface area contributed by atoms with E-state index < -0.39 is 5.97 Å². The van der Waals surface area contributed by atoms with Gasteiger partial charge in [-0.05, 0) is 19.9 Å². The summed E-state index contributed by atoms with van der Waals surface area (Å²) in [6.07, 6.45) is 5.18. The van der Waals surface area contributed by atoms with Crippen molar-refractivity contribution in [3.63, 3.8) is 0 Å². The van der Waals surface area contributed by atoms with Gasteiger partial charge in [0.1, 0.15) is 17.1 Å². The van der Waals surface area contributed by atoms with E-state index in [2.05, 4.69) is 11.2 Å². The molecule has 0 aliphatic heterocycles. The van der Waals surface area contributed by atoms with E-state index in [1.165, 1.54) is 6.07 Å². The Morgan fingerprint density at radius 1 is 1.80 bits per heavy atom. The number of furan rings is 1. The Hall–Kier alpha value is -1.73. The Labute approximate surface area is 88.3 Å². The largest absolute Gasteiger partial charge is 0.478 e. The molecular formula is C11H13NO3. The first-order chi connectivity index (χ1) is 7.04. The monoisotopic (exact) mass is 207 g/mol. The van der Waals surface area contributed by atoms with Crippen LogP contribution in [0.25, 0.3) is 0 Å². The fraction of sp³-hybridized carbons (Fsp3) is 0.364. The number of carboxylic acid groups (broad SMARTS) is 1. The maximum atomic E-state index is 10.7. The zero-order chi connectivity index (χ0) is 11.4. The lowest BCUT2D eigenvalue weighted by molar-refractivity contribution is 0.0695. The third-order valence-electron chi connectivity index (χ3n) is 2.03.